The minimum Gasteiger partial charge on any atom is -0.368 e. The van der Waals surface area contributed by atoms with E-state index in [1.807, 2.05) is 30.9 Å². The fraction of sp³-hybridized carbons (Fsp3) is 0.636. The van der Waals surface area contributed by atoms with Crippen LogP contribution in [0, 0.1) is 19.8 Å². The third-order valence-electron chi connectivity index (χ3n) is 6.02. The molecule has 8 nitrogen and oxygen atoms in total. The number of amides is 1. The van der Waals surface area contributed by atoms with Crippen LogP contribution in [0.15, 0.2) is 12.1 Å². The van der Waals surface area contributed by atoms with Crippen LogP contribution in [0.1, 0.15) is 48.7 Å². The molecule has 4 heterocycles. The van der Waals surface area contributed by atoms with Gasteiger partial charge in [0, 0.05) is 30.9 Å². The highest BCUT2D eigenvalue weighted by Gasteiger charge is 2.27. The van der Waals surface area contributed by atoms with E-state index >= 15 is 0 Å². The lowest BCUT2D eigenvalue weighted by atomic mass is 9.99. The van der Waals surface area contributed by atoms with Crippen molar-refractivity contribution in [1.29, 1.82) is 0 Å². The van der Waals surface area contributed by atoms with Crippen molar-refractivity contribution in [3.63, 3.8) is 0 Å². The fourth-order valence-electron chi connectivity index (χ4n) is 4.15. The van der Waals surface area contributed by atoms with Crippen molar-refractivity contribution < 1.29 is 9.53 Å². The Labute approximate surface area is 188 Å². The summed E-state index contributed by atoms with van der Waals surface area (Å²) < 4.78 is 6.00. The highest BCUT2D eigenvalue weighted by atomic mass is 32.1. The molecule has 2 saturated heterocycles. The molecule has 0 bridgehead atoms. The van der Waals surface area contributed by atoms with Crippen LogP contribution < -0.4 is 5.32 Å². The monoisotopic (exact) mass is 444 g/mol. The maximum absolute atomic E-state index is 12.9. The average Bonchev–Trinajstić information content (AvgIpc) is 3.17. The van der Waals surface area contributed by atoms with E-state index in [1.165, 1.54) is 24.2 Å². The van der Waals surface area contributed by atoms with Crippen molar-refractivity contribution >= 4 is 28.1 Å². The Bertz CT molecular complexity index is 896. The molecule has 0 saturated carbocycles. The molecule has 2 aromatic rings. The average molecular weight is 445 g/mol. The molecule has 1 amide bonds. The Morgan fingerprint density at radius 2 is 2.03 bits per heavy atom. The first-order valence-corrected chi connectivity index (χ1v) is 12.0. The van der Waals surface area contributed by atoms with E-state index in [0.717, 1.165) is 52.8 Å². The van der Waals surface area contributed by atoms with Crippen LogP contribution in [-0.4, -0.2) is 70.2 Å². The van der Waals surface area contributed by atoms with E-state index in [2.05, 4.69) is 32.3 Å². The van der Waals surface area contributed by atoms with Crippen LogP contribution in [0.5, 0.6) is 0 Å². The molecule has 168 valence electrons. The van der Waals surface area contributed by atoms with Crippen molar-refractivity contribution in [3.8, 4) is 0 Å². The summed E-state index contributed by atoms with van der Waals surface area (Å²) in [5.41, 5.74) is 2.64. The van der Waals surface area contributed by atoms with Gasteiger partial charge >= 0.3 is 0 Å². The first kappa shape index (κ1) is 22.1. The number of pyridine rings is 1. The van der Waals surface area contributed by atoms with E-state index in [-0.39, 0.29) is 12.0 Å². The molecule has 0 aliphatic carbocycles. The van der Waals surface area contributed by atoms with E-state index in [9.17, 15) is 4.79 Å². The predicted molar refractivity (Wildman–Crippen MR) is 122 cm³/mol. The first-order chi connectivity index (χ1) is 15.0. The molecule has 0 spiro atoms. The Kier molecular flexibility index (Phi) is 7.14. The topological polar surface area (TPSA) is 83.5 Å². The highest BCUT2D eigenvalue weighted by Crippen LogP contribution is 2.27. The van der Waals surface area contributed by atoms with E-state index in [1.54, 1.807) is 0 Å². The van der Waals surface area contributed by atoms with Crippen LogP contribution in [0.2, 0.25) is 0 Å². The molecule has 1 atom stereocenters. The number of carbonyl (C=O) groups is 1. The summed E-state index contributed by atoms with van der Waals surface area (Å²) in [7, 11) is 0. The maximum Gasteiger partial charge on any atom is 0.224 e. The molecular formula is C22H32N6O2S. The summed E-state index contributed by atoms with van der Waals surface area (Å²) in [6.07, 6.45) is 2.83. The van der Waals surface area contributed by atoms with Gasteiger partial charge in [-0.3, -0.25) is 9.78 Å². The number of hydrogen-bond donors (Lipinski definition) is 1. The van der Waals surface area contributed by atoms with Crippen LogP contribution in [0.25, 0.3) is 0 Å². The van der Waals surface area contributed by atoms with E-state index in [0.29, 0.717) is 26.1 Å². The Morgan fingerprint density at radius 3 is 2.77 bits per heavy atom. The minimum absolute atomic E-state index is 0.210. The van der Waals surface area contributed by atoms with Gasteiger partial charge in [-0.05, 0) is 57.8 Å². The number of nitrogens with zero attached hydrogens (tertiary/aromatic N) is 5. The number of aromatic nitrogens is 3. The number of anilines is 2. The summed E-state index contributed by atoms with van der Waals surface area (Å²) in [4.78, 5) is 21.9. The van der Waals surface area contributed by atoms with Crippen molar-refractivity contribution in [1.82, 2.24) is 25.0 Å². The van der Waals surface area contributed by atoms with Crippen LogP contribution in [0.3, 0.4) is 0 Å². The summed E-state index contributed by atoms with van der Waals surface area (Å²) in [6.45, 7) is 11.0. The molecule has 2 aliphatic rings. The number of carbonyl (C=O) groups excluding carboxylic acids is 1. The third kappa shape index (κ3) is 5.99. The zero-order chi connectivity index (χ0) is 21.8. The van der Waals surface area contributed by atoms with Gasteiger partial charge in [-0.1, -0.05) is 18.3 Å². The second-order valence-corrected chi connectivity index (χ2v) is 9.83. The smallest absolute Gasteiger partial charge is 0.224 e. The molecule has 4 rings (SSSR count). The van der Waals surface area contributed by atoms with Gasteiger partial charge in [-0.2, -0.15) is 0 Å². The summed E-state index contributed by atoms with van der Waals surface area (Å²) in [6, 6.07) is 3.96. The summed E-state index contributed by atoms with van der Waals surface area (Å²) in [5, 5.41) is 13.1. The van der Waals surface area contributed by atoms with Gasteiger partial charge in [-0.15, -0.1) is 10.2 Å². The molecule has 2 aliphatic heterocycles. The molecular weight excluding hydrogens is 412 g/mol. The van der Waals surface area contributed by atoms with Crippen molar-refractivity contribution in [2.45, 2.75) is 46.1 Å². The molecule has 2 fully saturated rings. The largest absolute Gasteiger partial charge is 0.368 e. The number of nitrogens with one attached hydrogen (secondary N) is 1. The molecule has 9 heteroatoms. The molecule has 0 unspecified atom stereocenters. The molecule has 0 aromatic carbocycles. The lowest BCUT2D eigenvalue weighted by molar-refractivity contribution is -0.139. The molecule has 0 radical (unpaired) electrons. The number of ether oxygens (including phenoxy) is 1. The van der Waals surface area contributed by atoms with E-state index < -0.39 is 0 Å². The lowest BCUT2D eigenvalue weighted by Gasteiger charge is -2.34. The summed E-state index contributed by atoms with van der Waals surface area (Å²) >= 11 is 1.51. The second kappa shape index (κ2) is 10.0. The normalized spacial score (nSPS) is 20.7. The fourth-order valence-corrected chi connectivity index (χ4v) is 4.77. The van der Waals surface area contributed by atoms with Gasteiger partial charge in [0.2, 0.25) is 11.0 Å². The van der Waals surface area contributed by atoms with Crippen molar-refractivity contribution in [2.24, 2.45) is 5.92 Å². The number of morpholine rings is 1. The van der Waals surface area contributed by atoms with Gasteiger partial charge in [0.25, 0.3) is 0 Å². The van der Waals surface area contributed by atoms with Crippen molar-refractivity contribution in [3.05, 3.63) is 28.5 Å². The lowest BCUT2D eigenvalue weighted by Crippen LogP contribution is -2.44. The van der Waals surface area contributed by atoms with Gasteiger partial charge in [-0.25, -0.2) is 0 Å². The summed E-state index contributed by atoms with van der Waals surface area (Å²) in [5.74, 6) is 1.02. The van der Waals surface area contributed by atoms with Gasteiger partial charge in [0.15, 0.2) is 0 Å². The van der Waals surface area contributed by atoms with Gasteiger partial charge in [0.1, 0.15) is 11.1 Å². The first-order valence-electron chi connectivity index (χ1n) is 11.1. The third-order valence-corrected chi connectivity index (χ3v) is 6.77. The molecule has 2 aromatic heterocycles. The van der Waals surface area contributed by atoms with Crippen LogP contribution >= 0.6 is 11.3 Å². The van der Waals surface area contributed by atoms with Crippen LogP contribution in [0.4, 0.5) is 10.8 Å². The molecule has 31 heavy (non-hydrogen) atoms. The van der Waals surface area contributed by atoms with Crippen molar-refractivity contribution in [2.75, 3.05) is 44.6 Å². The quantitative estimate of drug-likeness (QED) is 0.732. The number of piperidine rings is 1. The Morgan fingerprint density at radius 1 is 1.23 bits per heavy atom. The number of likely N-dealkylation sites (tertiary alicyclic amines) is 1. The Hall–Kier alpha value is -2.10. The molecule has 1 N–H and O–H groups in total. The highest BCUT2D eigenvalue weighted by molar-refractivity contribution is 7.15. The maximum atomic E-state index is 12.9. The van der Waals surface area contributed by atoms with E-state index in [4.69, 9.17) is 4.74 Å². The number of rotatable bonds is 6. The number of hydrogen-bond acceptors (Lipinski definition) is 8. The minimum atomic E-state index is -0.217. The number of aryl methyl sites for hydroxylation is 2. The predicted octanol–water partition coefficient (Wildman–Crippen LogP) is 3.32. The second-order valence-electron chi connectivity index (χ2n) is 8.65. The SMILES string of the molecule is Cc1cc(Nc2nnc(C)s2)cc([C@@H]2CN(C(=O)CCN3CCC(C)CC3)CCO2)n1. The Balaban J connectivity index is 1.36. The van der Waals surface area contributed by atoms with Gasteiger partial charge < -0.3 is 19.9 Å². The zero-order valence-electron chi connectivity index (χ0n) is 18.6. The van der Waals surface area contributed by atoms with Gasteiger partial charge in [0.05, 0.1) is 18.8 Å². The zero-order valence-corrected chi connectivity index (χ0v) is 19.5. The standard InChI is InChI=1S/C22H32N6O2S/c1-15-4-7-27(8-5-15)9-6-21(29)28-10-11-30-20(14-28)19-13-18(12-16(2)23-19)24-22-26-25-17(3)31-22/h12-13,15,20H,4-11,14H2,1-3H3,(H,23,24,26)/t20-/m0/s1. The van der Waals surface area contributed by atoms with Crippen LogP contribution in [-0.2, 0) is 9.53 Å².